The number of fused-ring (bicyclic) bond motifs is 1. The molecular formula is C18H22Cl2N2. The number of anilines is 1. The molecule has 0 aliphatic carbocycles. The van der Waals surface area contributed by atoms with Gasteiger partial charge in [-0.25, -0.2) is 0 Å². The van der Waals surface area contributed by atoms with Gasteiger partial charge in [-0.05, 0) is 43.3 Å². The molecule has 0 aliphatic rings. The molecule has 0 atom stereocenters. The van der Waals surface area contributed by atoms with Crippen molar-refractivity contribution < 1.29 is 0 Å². The van der Waals surface area contributed by atoms with Gasteiger partial charge in [0.1, 0.15) is 0 Å². The van der Waals surface area contributed by atoms with Crippen LogP contribution in [0.3, 0.4) is 0 Å². The minimum absolute atomic E-state index is 0.194. The molecule has 118 valence electrons. The average Bonchev–Trinajstić information content (AvgIpc) is 2.87. The van der Waals surface area contributed by atoms with Crippen molar-refractivity contribution >= 4 is 39.8 Å². The lowest BCUT2D eigenvalue weighted by molar-refractivity contribution is 1.05. The molecule has 1 heterocycles. The minimum atomic E-state index is 0.194. The Bertz CT molecular complexity index is 688. The number of nitrogens with two attached hydrogens (primary N) is 1. The van der Waals surface area contributed by atoms with Gasteiger partial charge in [0.15, 0.2) is 0 Å². The fourth-order valence-corrected chi connectivity index (χ4v) is 2.26. The van der Waals surface area contributed by atoms with E-state index in [9.17, 15) is 0 Å². The highest BCUT2D eigenvalue weighted by molar-refractivity contribution is 6.40. The van der Waals surface area contributed by atoms with Crippen molar-refractivity contribution in [3.63, 3.8) is 0 Å². The van der Waals surface area contributed by atoms with Gasteiger partial charge in [-0.15, -0.1) is 23.2 Å². The number of para-hydroxylation sites is 1. The number of aromatic nitrogens is 1. The second-order valence-corrected chi connectivity index (χ2v) is 5.18. The molecule has 0 unspecified atom stereocenters. The second-order valence-electron chi connectivity index (χ2n) is 4.37. The van der Waals surface area contributed by atoms with Crippen LogP contribution in [-0.2, 0) is 0 Å². The summed E-state index contributed by atoms with van der Waals surface area (Å²) in [5.41, 5.74) is 10.1. The van der Waals surface area contributed by atoms with Crippen molar-refractivity contribution in [2.75, 3.05) is 11.1 Å². The topological polar surface area (TPSA) is 30.9 Å². The van der Waals surface area contributed by atoms with Gasteiger partial charge in [-0.3, -0.25) is 0 Å². The zero-order valence-electron chi connectivity index (χ0n) is 13.2. The van der Waals surface area contributed by atoms with Crippen LogP contribution < -0.4 is 5.73 Å². The number of aryl methyl sites for hydroxylation is 1. The first-order valence-corrected chi connectivity index (χ1v) is 8.29. The Labute approximate surface area is 142 Å². The Morgan fingerprint density at radius 1 is 0.955 bits per heavy atom. The van der Waals surface area contributed by atoms with Crippen LogP contribution in [-0.4, -0.2) is 9.91 Å². The number of hydrogen-bond acceptors (Lipinski definition) is 1. The number of nitrogens with zero attached hydrogens (tertiary/aromatic N) is 1. The fraction of sp³-hybridized carbons (Fsp3) is 0.222. The number of rotatable bonds is 1. The number of benzene rings is 2. The molecule has 3 aromatic rings. The third-order valence-electron chi connectivity index (χ3n) is 3.05. The van der Waals surface area contributed by atoms with Gasteiger partial charge < -0.3 is 10.3 Å². The Kier molecular flexibility index (Phi) is 7.86. The lowest BCUT2D eigenvalue weighted by atomic mass is 10.2. The standard InChI is InChI=1S/C15H14N2.C2H6.CH2Cl2/c1-11-10-12-4-2-3-5-15(12)17(11)14-8-6-13(16)7-9-14;1-2;2-1-3/h2-10H,16H2,1H3;1-2H3;1H2. The molecule has 4 heteroatoms. The van der Waals surface area contributed by atoms with E-state index in [-0.39, 0.29) is 5.34 Å². The van der Waals surface area contributed by atoms with Gasteiger partial charge >= 0.3 is 0 Å². The third kappa shape index (κ3) is 4.43. The van der Waals surface area contributed by atoms with Crippen LogP contribution in [0, 0.1) is 6.92 Å². The van der Waals surface area contributed by atoms with Crippen molar-refractivity contribution in [2.45, 2.75) is 20.8 Å². The van der Waals surface area contributed by atoms with Crippen molar-refractivity contribution in [2.24, 2.45) is 0 Å². The van der Waals surface area contributed by atoms with Crippen LogP contribution in [0.25, 0.3) is 16.6 Å². The lowest BCUT2D eigenvalue weighted by Gasteiger charge is -2.08. The summed E-state index contributed by atoms with van der Waals surface area (Å²) >= 11 is 9.53. The van der Waals surface area contributed by atoms with Crippen LogP contribution in [0.2, 0.25) is 0 Å². The van der Waals surface area contributed by atoms with E-state index < -0.39 is 0 Å². The van der Waals surface area contributed by atoms with Crippen LogP contribution >= 0.6 is 23.2 Å². The smallest absolute Gasteiger partial charge is 0.0967 e. The van der Waals surface area contributed by atoms with E-state index in [4.69, 9.17) is 28.9 Å². The molecule has 0 saturated heterocycles. The number of nitrogen functional groups attached to an aromatic ring is 1. The summed E-state index contributed by atoms with van der Waals surface area (Å²) < 4.78 is 2.24. The molecular weight excluding hydrogens is 315 g/mol. The highest BCUT2D eigenvalue weighted by atomic mass is 35.5. The molecule has 0 amide bonds. The molecule has 2 nitrogen and oxygen atoms in total. The molecule has 2 N–H and O–H groups in total. The largest absolute Gasteiger partial charge is 0.399 e. The molecule has 0 radical (unpaired) electrons. The van der Waals surface area contributed by atoms with Crippen LogP contribution in [0.15, 0.2) is 54.6 Å². The van der Waals surface area contributed by atoms with Crippen molar-refractivity contribution in [1.82, 2.24) is 4.57 Å². The average molecular weight is 337 g/mol. The van der Waals surface area contributed by atoms with Crippen LogP contribution in [0.4, 0.5) is 5.69 Å². The molecule has 0 bridgehead atoms. The van der Waals surface area contributed by atoms with E-state index in [1.807, 2.05) is 26.0 Å². The SMILES string of the molecule is CC.Cc1cc2ccccc2n1-c1ccc(N)cc1.ClCCl. The van der Waals surface area contributed by atoms with E-state index >= 15 is 0 Å². The summed E-state index contributed by atoms with van der Waals surface area (Å²) in [4.78, 5) is 0. The van der Waals surface area contributed by atoms with Gasteiger partial charge in [-0.2, -0.15) is 0 Å². The molecule has 3 rings (SSSR count). The quantitative estimate of drug-likeness (QED) is 0.430. The summed E-state index contributed by atoms with van der Waals surface area (Å²) in [6, 6.07) is 18.6. The first kappa shape index (κ1) is 18.4. The molecule has 22 heavy (non-hydrogen) atoms. The summed E-state index contributed by atoms with van der Waals surface area (Å²) in [5, 5.41) is 1.46. The molecule has 0 spiro atoms. The predicted octanol–water partition coefficient (Wildman–Crippen LogP) is 5.97. The summed E-state index contributed by atoms with van der Waals surface area (Å²) in [6.45, 7) is 6.12. The zero-order valence-corrected chi connectivity index (χ0v) is 14.7. The van der Waals surface area contributed by atoms with Gasteiger partial charge in [-0.1, -0.05) is 32.0 Å². The molecule has 0 saturated carbocycles. The summed E-state index contributed by atoms with van der Waals surface area (Å²) in [5.74, 6) is 0. The monoisotopic (exact) mass is 336 g/mol. The van der Waals surface area contributed by atoms with E-state index in [0.29, 0.717) is 0 Å². The summed E-state index contributed by atoms with van der Waals surface area (Å²) in [6.07, 6.45) is 0. The number of alkyl halides is 2. The maximum Gasteiger partial charge on any atom is 0.0967 e. The Hall–Kier alpha value is -1.64. The molecule has 2 aromatic carbocycles. The van der Waals surface area contributed by atoms with Crippen molar-refractivity contribution in [3.05, 3.63) is 60.3 Å². The maximum absolute atomic E-state index is 5.72. The predicted molar refractivity (Wildman–Crippen MR) is 100 cm³/mol. The van der Waals surface area contributed by atoms with Gasteiger partial charge in [0.05, 0.1) is 10.9 Å². The number of halogens is 2. The molecule has 0 fully saturated rings. The highest BCUT2D eigenvalue weighted by Gasteiger charge is 2.06. The fourth-order valence-electron chi connectivity index (χ4n) is 2.26. The van der Waals surface area contributed by atoms with E-state index in [1.54, 1.807) is 0 Å². The van der Waals surface area contributed by atoms with E-state index in [0.717, 1.165) is 11.4 Å². The normalized spacial score (nSPS) is 9.50. The van der Waals surface area contributed by atoms with E-state index in [2.05, 4.69) is 54.0 Å². The van der Waals surface area contributed by atoms with Crippen molar-refractivity contribution in [1.29, 1.82) is 0 Å². The van der Waals surface area contributed by atoms with Gasteiger partial charge in [0.25, 0.3) is 0 Å². The first-order chi connectivity index (χ1) is 10.7. The Balaban J connectivity index is 0.000000435. The van der Waals surface area contributed by atoms with Gasteiger partial charge in [0.2, 0.25) is 0 Å². The maximum atomic E-state index is 5.72. The van der Waals surface area contributed by atoms with Crippen LogP contribution in [0.1, 0.15) is 19.5 Å². The number of hydrogen-bond donors (Lipinski definition) is 1. The van der Waals surface area contributed by atoms with E-state index in [1.165, 1.54) is 16.6 Å². The lowest BCUT2D eigenvalue weighted by Crippen LogP contribution is -1.96. The van der Waals surface area contributed by atoms with Crippen LogP contribution in [0.5, 0.6) is 0 Å². The minimum Gasteiger partial charge on any atom is -0.399 e. The second kappa shape index (κ2) is 9.39. The zero-order chi connectivity index (χ0) is 16.5. The third-order valence-corrected chi connectivity index (χ3v) is 3.05. The highest BCUT2D eigenvalue weighted by Crippen LogP contribution is 2.24. The Morgan fingerprint density at radius 2 is 1.50 bits per heavy atom. The Morgan fingerprint density at radius 3 is 2.09 bits per heavy atom. The first-order valence-electron chi connectivity index (χ1n) is 7.22. The molecule has 1 aromatic heterocycles. The van der Waals surface area contributed by atoms with Crippen molar-refractivity contribution in [3.8, 4) is 5.69 Å². The molecule has 0 aliphatic heterocycles. The van der Waals surface area contributed by atoms with Gasteiger partial charge in [0, 0.05) is 22.5 Å². The summed E-state index contributed by atoms with van der Waals surface area (Å²) in [7, 11) is 0.